The summed E-state index contributed by atoms with van der Waals surface area (Å²) < 4.78 is 31.7. The second-order valence-corrected chi connectivity index (χ2v) is 12.2. The van der Waals surface area contributed by atoms with Crippen molar-refractivity contribution in [3.05, 3.63) is 33.8 Å². The smallest absolute Gasteiger partial charge is 0.475 e. The number of benzene rings is 1. The summed E-state index contributed by atoms with van der Waals surface area (Å²) in [5, 5.41) is 16.5. The normalized spacial score (nSPS) is 17.1. The van der Waals surface area contributed by atoms with Crippen molar-refractivity contribution in [2.24, 2.45) is 33.8 Å². The summed E-state index contributed by atoms with van der Waals surface area (Å²) in [6.07, 6.45) is 1.97. The number of rotatable bonds is 17. The van der Waals surface area contributed by atoms with Gasteiger partial charge in [0.25, 0.3) is 0 Å². The Morgan fingerprint density at radius 3 is 1.94 bits per heavy atom. The molecule has 1 aromatic rings. The summed E-state index contributed by atoms with van der Waals surface area (Å²) in [4.78, 5) is 52.6. The van der Waals surface area contributed by atoms with Gasteiger partial charge in [-0.1, -0.05) is 35.3 Å². The molecule has 18 heteroatoms. The third kappa shape index (κ3) is 17.2. The molecule has 0 aliphatic heterocycles. The highest BCUT2D eigenvalue weighted by atomic mass is 35.5. The number of halogens is 5. The molecular formula is C30H47Cl2F3N8O5. The number of hydrogen-bond acceptors (Lipinski definition) is 7. The van der Waals surface area contributed by atoms with Gasteiger partial charge in [-0.05, 0) is 94.8 Å². The van der Waals surface area contributed by atoms with E-state index in [1.54, 1.807) is 18.2 Å². The lowest BCUT2D eigenvalue weighted by Gasteiger charge is -2.28. The summed E-state index contributed by atoms with van der Waals surface area (Å²) >= 11 is 12.3. The lowest BCUT2D eigenvalue weighted by Crippen LogP contribution is -2.54. The fourth-order valence-corrected chi connectivity index (χ4v) is 5.34. The Morgan fingerprint density at radius 2 is 1.44 bits per heavy atom. The van der Waals surface area contributed by atoms with Crippen molar-refractivity contribution in [3.8, 4) is 0 Å². The van der Waals surface area contributed by atoms with Crippen LogP contribution in [0.3, 0.4) is 0 Å². The first kappa shape index (κ1) is 42.7. The number of nitrogens with two attached hydrogens (primary N) is 4. The highest BCUT2D eigenvalue weighted by molar-refractivity contribution is 6.42. The molecule has 0 radical (unpaired) electrons. The first-order chi connectivity index (χ1) is 22.6. The average molecular weight is 728 g/mol. The van der Waals surface area contributed by atoms with Gasteiger partial charge in [0.15, 0.2) is 5.96 Å². The maximum absolute atomic E-state index is 13.4. The molecule has 272 valence electrons. The molecule has 0 aromatic heterocycles. The van der Waals surface area contributed by atoms with E-state index in [1.807, 2.05) is 0 Å². The number of carbonyl (C=O) groups is 4. The average Bonchev–Trinajstić information content (AvgIpc) is 3.01. The number of carboxylic acid groups (broad SMARTS) is 1. The minimum atomic E-state index is -5.08. The zero-order valence-corrected chi connectivity index (χ0v) is 28.2. The van der Waals surface area contributed by atoms with Gasteiger partial charge in [0.1, 0.15) is 12.1 Å². The molecule has 1 aromatic carbocycles. The van der Waals surface area contributed by atoms with Crippen LogP contribution in [-0.4, -0.2) is 78.7 Å². The number of unbranched alkanes of at least 4 members (excludes halogenated alkanes) is 2. The molecular weight excluding hydrogens is 680 g/mol. The second-order valence-electron chi connectivity index (χ2n) is 11.4. The van der Waals surface area contributed by atoms with E-state index in [-0.39, 0.29) is 30.2 Å². The van der Waals surface area contributed by atoms with E-state index in [9.17, 15) is 27.6 Å². The second kappa shape index (κ2) is 22.3. The fraction of sp³-hybridized carbons (Fsp3) is 0.633. The molecule has 2 atom stereocenters. The van der Waals surface area contributed by atoms with E-state index < -0.39 is 30.1 Å². The number of hydrogen-bond donors (Lipinski definition) is 8. The lowest BCUT2D eigenvalue weighted by atomic mass is 9.86. The number of carbonyl (C=O) groups excluding carboxylic acids is 3. The van der Waals surface area contributed by atoms with Crippen LogP contribution in [0.1, 0.15) is 69.8 Å². The molecule has 0 saturated heterocycles. The van der Waals surface area contributed by atoms with Gasteiger partial charge in [-0.2, -0.15) is 13.2 Å². The van der Waals surface area contributed by atoms with Gasteiger partial charge in [0.05, 0.1) is 22.5 Å². The summed E-state index contributed by atoms with van der Waals surface area (Å²) in [6.45, 7) is 1.47. The highest BCUT2D eigenvalue weighted by Gasteiger charge is 2.38. The number of amides is 3. The zero-order valence-electron chi connectivity index (χ0n) is 26.7. The van der Waals surface area contributed by atoms with Crippen molar-refractivity contribution >= 4 is 52.9 Å². The van der Waals surface area contributed by atoms with Gasteiger partial charge in [0.2, 0.25) is 17.7 Å². The van der Waals surface area contributed by atoms with Crippen LogP contribution in [0.4, 0.5) is 13.2 Å². The predicted octanol–water partition coefficient (Wildman–Crippen LogP) is 2.35. The minimum Gasteiger partial charge on any atom is -0.475 e. The minimum absolute atomic E-state index is 0.0358. The Morgan fingerprint density at radius 1 is 0.896 bits per heavy atom. The number of carboxylic acids is 1. The van der Waals surface area contributed by atoms with Crippen LogP contribution in [0.25, 0.3) is 0 Å². The molecule has 3 amide bonds. The van der Waals surface area contributed by atoms with Crippen LogP contribution in [0.2, 0.25) is 10.0 Å². The Hall–Kier alpha value is -3.34. The van der Waals surface area contributed by atoms with E-state index in [0.717, 1.165) is 32.1 Å². The Labute approximate surface area is 288 Å². The van der Waals surface area contributed by atoms with Crippen molar-refractivity contribution in [3.63, 3.8) is 0 Å². The molecule has 1 aliphatic carbocycles. The lowest BCUT2D eigenvalue weighted by molar-refractivity contribution is -0.192. The third-order valence-electron chi connectivity index (χ3n) is 7.52. The topological polar surface area (TPSA) is 241 Å². The number of nitrogens with zero attached hydrogens (tertiary/aromatic N) is 1. The fourth-order valence-electron chi connectivity index (χ4n) is 4.96. The molecule has 12 N–H and O–H groups in total. The van der Waals surface area contributed by atoms with Crippen molar-refractivity contribution in [2.45, 2.75) is 94.9 Å². The van der Waals surface area contributed by atoms with Crippen LogP contribution >= 0.6 is 23.2 Å². The Balaban J connectivity index is 0.00000148. The monoisotopic (exact) mass is 726 g/mol. The summed E-state index contributed by atoms with van der Waals surface area (Å²) in [5.74, 6) is -3.39. The molecule has 1 aliphatic rings. The summed E-state index contributed by atoms with van der Waals surface area (Å²) in [7, 11) is 0. The van der Waals surface area contributed by atoms with E-state index in [1.165, 1.54) is 0 Å². The van der Waals surface area contributed by atoms with E-state index in [0.29, 0.717) is 73.3 Å². The number of aliphatic imine (C=N–C) groups is 1. The van der Waals surface area contributed by atoms with Crippen LogP contribution in [-0.2, 0) is 25.6 Å². The van der Waals surface area contributed by atoms with Gasteiger partial charge in [-0.15, -0.1) is 0 Å². The summed E-state index contributed by atoms with van der Waals surface area (Å²) in [5.41, 5.74) is 22.8. The van der Waals surface area contributed by atoms with E-state index in [4.69, 9.17) is 56.0 Å². The first-order valence-electron chi connectivity index (χ1n) is 15.7. The molecule has 0 bridgehead atoms. The van der Waals surface area contributed by atoms with Gasteiger partial charge in [-0.25, -0.2) is 4.79 Å². The largest absolute Gasteiger partial charge is 0.490 e. The Bertz CT molecular complexity index is 1210. The van der Waals surface area contributed by atoms with Gasteiger partial charge in [-0.3, -0.25) is 19.4 Å². The SMILES string of the molecule is NCCCC[C@H](NC(=O)Cc1cccc(Cl)c1Cl)C(=O)N[C@@H](CCCCN)C(=O)NCC1CCC(N=C(N)N)CC1.O=C(O)C(F)(F)F. The molecule has 2 rings (SSSR count). The van der Waals surface area contributed by atoms with E-state index >= 15 is 0 Å². The van der Waals surface area contributed by atoms with Crippen molar-refractivity contribution in [1.29, 1.82) is 0 Å². The number of alkyl halides is 3. The molecule has 13 nitrogen and oxygen atoms in total. The Kier molecular flexibility index (Phi) is 19.9. The van der Waals surface area contributed by atoms with Crippen LogP contribution < -0.4 is 38.9 Å². The standard InChI is InChI=1S/C28H46Cl2N8O3.C2HF3O2/c29-21-7-5-6-19(25(21)30)16-24(39)37-23(9-2-4-15-32)27(41)38-22(8-1-3-14-31)26(40)35-17-18-10-12-20(13-11-18)36-28(33)34;3-2(4,5)1(6)7/h5-7,18,20,22-23H,1-4,8-17,31-32H2,(H,35,40)(H,37,39)(H,38,41)(H4,33,34,36);(H,6,7)/t18?,20?,22-,23-;/m0./s1. The van der Waals surface area contributed by atoms with Crippen molar-refractivity contribution in [2.75, 3.05) is 19.6 Å². The van der Waals surface area contributed by atoms with Gasteiger partial charge >= 0.3 is 12.1 Å². The van der Waals surface area contributed by atoms with Crippen LogP contribution in [0, 0.1) is 5.92 Å². The molecule has 0 spiro atoms. The maximum Gasteiger partial charge on any atom is 0.490 e. The number of aliphatic carboxylic acids is 1. The highest BCUT2D eigenvalue weighted by Crippen LogP contribution is 2.27. The van der Waals surface area contributed by atoms with Gasteiger partial charge in [0, 0.05) is 6.54 Å². The maximum atomic E-state index is 13.4. The molecule has 0 heterocycles. The predicted molar refractivity (Wildman–Crippen MR) is 178 cm³/mol. The van der Waals surface area contributed by atoms with Crippen LogP contribution in [0.5, 0.6) is 0 Å². The van der Waals surface area contributed by atoms with Gasteiger partial charge < -0.3 is 44.0 Å². The molecule has 1 fully saturated rings. The first-order valence-corrected chi connectivity index (χ1v) is 16.4. The van der Waals surface area contributed by atoms with E-state index in [2.05, 4.69) is 20.9 Å². The molecule has 0 unspecified atom stereocenters. The molecule has 48 heavy (non-hydrogen) atoms. The zero-order chi connectivity index (χ0) is 36.3. The number of nitrogens with one attached hydrogen (secondary N) is 3. The third-order valence-corrected chi connectivity index (χ3v) is 8.37. The molecule has 1 saturated carbocycles. The quantitative estimate of drug-likeness (QED) is 0.0667. The summed E-state index contributed by atoms with van der Waals surface area (Å²) in [6, 6.07) is 3.61. The van der Waals surface area contributed by atoms with Crippen LogP contribution in [0.15, 0.2) is 23.2 Å². The van der Waals surface area contributed by atoms with Crippen molar-refractivity contribution in [1.82, 2.24) is 16.0 Å². The number of guanidine groups is 1. The van der Waals surface area contributed by atoms with Crippen molar-refractivity contribution < 1.29 is 37.5 Å².